The van der Waals surface area contributed by atoms with Gasteiger partial charge in [-0.05, 0) is 19.5 Å². The lowest BCUT2D eigenvalue weighted by molar-refractivity contribution is 0.479. The molecule has 1 N–H and O–H groups in total. The topological polar surface area (TPSA) is 24.9 Å². The fourth-order valence-electron chi connectivity index (χ4n) is 1.90. The zero-order chi connectivity index (χ0) is 11.8. The van der Waals surface area contributed by atoms with Crippen LogP contribution in [0.15, 0.2) is 18.5 Å². The second-order valence-electron chi connectivity index (χ2n) is 4.09. The number of rotatable bonds is 7. The van der Waals surface area contributed by atoms with E-state index in [0.29, 0.717) is 0 Å². The molecular weight excluding hydrogens is 203 g/mol. The van der Waals surface area contributed by atoms with Gasteiger partial charge >= 0.3 is 0 Å². The van der Waals surface area contributed by atoms with Crippen molar-refractivity contribution in [1.29, 1.82) is 0 Å². The van der Waals surface area contributed by atoms with Crippen LogP contribution in [0.5, 0.6) is 0 Å². The van der Waals surface area contributed by atoms with Crippen LogP contribution in [-0.2, 0) is 0 Å². The van der Waals surface area contributed by atoms with E-state index in [4.69, 9.17) is 0 Å². The molecule has 0 saturated heterocycles. The van der Waals surface area contributed by atoms with E-state index in [0.717, 1.165) is 18.4 Å². The molecule has 0 amide bonds. The Labute approximate surface area is 97.3 Å². The first kappa shape index (κ1) is 13.1. The number of halogens is 1. The van der Waals surface area contributed by atoms with Gasteiger partial charge in [0.25, 0.3) is 0 Å². The van der Waals surface area contributed by atoms with Gasteiger partial charge in [-0.1, -0.05) is 32.6 Å². The molecule has 0 aromatic carbocycles. The Morgan fingerprint density at radius 1 is 1.38 bits per heavy atom. The van der Waals surface area contributed by atoms with Gasteiger partial charge < -0.3 is 5.32 Å². The highest BCUT2D eigenvalue weighted by Crippen LogP contribution is 2.21. The molecule has 1 aromatic rings. The third-order valence-electron chi connectivity index (χ3n) is 2.87. The molecule has 0 aliphatic carbocycles. The highest BCUT2D eigenvalue weighted by molar-refractivity contribution is 5.17. The number of hydrogen-bond donors (Lipinski definition) is 1. The summed E-state index contributed by atoms with van der Waals surface area (Å²) in [4.78, 5) is 3.77. The summed E-state index contributed by atoms with van der Waals surface area (Å²) in [5.74, 6) is -0.211. The van der Waals surface area contributed by atoms with Gasteiger partial charge in [-0.2, -0.15) is 0 Å². The zero-order valence-electron chi connectivity index (χ0n) is 10.2. The standard InChI is InChI=1S/C13H21FN2/c1-3-4-5-6-7-13(15-2)11-8-9-16-10-12(11)14/h8-10,13,15H,3-7H2,1-2H3. The molecule has 1 unspecified atom stereocenters. The van der Waals surface area contributed by atoms with Gasteiger partial charge in [-0.25, -0.2) is 4.39 Å². The minimum atomic E-state index is -0.211. The first-order chi connectivity index (χ1) is 7.79. The van der Waals surface area contributed by atoms with E-state index < -0.39 is 0 Å². The van der Waals surface area contributed by atoms with Crippen LogP contribution in [0.25, 0.3) is 0 Å². The van der Waals surface area contributed by atoms with Crippen LogP contribution in [0.1, 0.15) is 50.6 Å². The van der Waals surface area contributed by atoms with Crippen LogP contribution in [-0.4, -0.2) is 12.0 Å². The molecular formula is C13H21FN2. The Hall–Kier alpha value is -0.960. The van der Waals surface area contributed by atoms with Crippen molar-refractivity contribution in [3.8, 4) is 0 Å². The summed E-state index contributed by atoms with van der Waals surface area (Å²) >= 11 is 0. The molecule has 1 heterocycles. The van der Waals surface area contributed by atoms with Gasteiger partial charge in [0.2, 0.25) is 0 Å². The van der Waals surface area contributed by atoms with Gasteiger partial charge in [0.05, 0.1) is 6.20 Å². The van der Waals surface area contributed by atoms with E-state index in [1.165, 1.54) is 25.5 Å². The molecule has 0 aliphatic heterocycles. The first-order valence-corrected chi connectivity index (χ1v) is 6.06. The van der Waals surface area contributed by atoms with Crippen LogP contribution in [0.2, 0.25) is 0 Å². The molecule has 0 spiro atoms. The molecule has 0 bridgehead atoms. The largest absolute Gasteiger partial charge is 0.313 e. The fraction of sp³-hybridized carbons (Fsp3) is 0.615. The van der Waals surface area contributed by atoms with E-state index >= 15 is 0 Å². The summed E-state index contributed by atoms with van der Waals surface area (Å²) in [7, 11) is 1.88. The minimum absolute atomic E-state index is 0.111. The third kappa shape index (κ3) is 3.89. The predicted molar refractivity (Wildman–Crippen MR) is 64.8 cm³/mol. The zero-order valence-corrected chi connectivity index (χ0v) is 10.2. The van der Waals surface area contributed by atoms with Crippen molar-refractivity contribution in [3.05, 3.63) is 29.8 Å². The Balaban J connectivity index is 2.51. The van der Waals surface area contributed by atoms with Gasteiger partial charge in [0.15, 0.2) is 0 Å². The normalized spacial score (nSPS) is 12.7. The maximum Gasteiger partial charge on any atom is 0.146 e. The van der Waals surface area contributed by atoms with Crippen LogP contribution < -0.4 is 5.32 Å². The summed E-state index contributed by atoms with van der Waals surface area (Å²) in [5.41, 5.74) is 0.731. The molecule has 0 aliphatic rings. The lowest BCUT2D eigenvalue weighted by Gasteiger charge is -2.16. The van der Waals surface area contributed by atoms with Crippen molar-refractivity contribution in [3.63, 3.8) is 0 Å². The van der Waals surface area contributed by atoms with Crippen LogP contribution >= 0.6 is 0 Å². The molecule has 90 valence electrons. The van der Waals surface area contributed by atoms with E-state index in [-0.39, 0.29) is 11.9 Å². The molecule has 2 nitrogen and oxygen atoms in total. The second-order valence-corrected chi connectivity index (χ2v) is 4.09. The van der Waals surface area contributed by atoms with Crippen molar-refractivity contribution in [2.24, 2.45) is 0 Å². The average Bonchev–Trinajstić information content (AvgIpc) is 2.31. The molecule has 0 fully saturated rings. The highest BCUT2D eigenvalue weighted by Gasteiger charge is 2.12. The first-order valence-electron chi connectivity index (χ1n) is 6.06. The predicted octanol–water partition coefficient (Wildman–Crippen LogP) is 3.45. The summed E-state index contributed by atoms with van der Waals surface area (Å²) < 4.78 is 13.5. The Morgan fingerprint density at radius 3 is 2.81 bits per heavy atom. The number of hydrogen-bond acceptors (Lipinski definition) is 2. The summed E-state index contributed by atoms with van der Waals surface area (Å²) in [5, 5.41) is 3.17. The molecule has 16 heavy (non-hydrogen) atoms. The Bertz CT molecular complexity index is 302. The summed E-state index contributed by atoms with van der Waals surface area (Å²) in [6.45, 7) is 2.19. The van der Waals surface area contributed by atoms with Gasteiger partial charge in [-0.3, -0.25) is 4.98 Å². The van der Waals surface area contributed by atoms with Crippen LogP contribution in [0.3, 0.4) is 0 Å². The van der Waals surface area contributed by atoms with Crippen LogP contribution in [0.4, 0.5) is 4.39 Å². The number of nitrogens with one attached hydrogen (secondary N) is 1. The van der Waals surface area contributed by atoms with E-state index in [1.807, 2.05) is 7.05 Å². The second kappa shape index (κ2) is 7.34. The third-order valence-corrected chi connectivity index (χ3v) is 2.87. The average molecular weight is 224 g/mol. The minimum Gasteiger partial charge on any atom is -0.313 e. The summed E-state index contributed by atoms with van der Waals surface area (Å²) in [6, 6.07) is 1.87. The summed E-state index contributed by atoms with van der Waals surface area (Å²) in [6.07, 6.45) is 8.77. The maximum atomic E-state index is 13.5. The number of aromatic nitrogens is 1. The van der Waals surface area contributed by atoms with E-state index in [9.17, 15) is 4.39 Å². The molecule has 1 aromatic heterocycles. The van der Waals surface area contributed by atoms with Crippen molar-refractivity contribution in [1.82, 2.24) is 10.3 Å². The van der Waals surface area contributed by atoms with E-state index in [1.54, 1.807) is 12.3 Å². The maximum absolute atomic E-state index is 13.5. The smallest absolute Gasteiger partial charge is 0.146 e. The Morgan fingerprint density at radius 2 is 2.19 bits per heavy atom. The van der Waals surface area contributed by atoms with Crippen molar-refractivity contribution in [2.45, 2.75) is 45.1 Å². The van der Waals surface area contributed by atoms with Crippen molar-refractivity contribution >= 4 is 0 Å². The molecule has 0 radical (unpaired) electrons. The van der Waals surface area contributed by atoms with Crippen LogP contribution in [0, 0.1) is 5.82 Å². The lowest BCUT2D eigenvalue weighted by Crippen LogP contribution is -2.17. The van der Waals surface area contributed by atoms with Gasteiger partial charge in [0, 0.05) is 17.8 Å². The molecule has 1 atom stereocenters. The number of unbranched alkanes of at least 4 members (excludes halogenated alkanes) is 3. The molecule has 3 heteroatoms. The molecule has 1 rings (SSSR count). The SMILES string of the molecule is CCCCCCC(NC)c1ccncc1F. The van der Waals surface area contributed by atoms with Gasteiger partial charge in [-0.15, -0.1) is 0 Å². The van der Waals surface area contributed by atoms with Crippen molar-refractivity contribution in [2.75, 3.05) is 7.05 Å². The molecule has 0 saturated carbocycles. The monoisotopic (exact) mass is 224 g/mol. The number of nitrogens with zero attached hydrogens (tertiary/aromatic N) is 1. The van der Waals surface area contributed by atoms with E-state index in [2.05, 4.69) is 17.2 Å². The Kier molecular flexibility index (Phi) is 6.01. The highest BCUT2D eigenvalue weighted by atomic mass is 19.1. The fourth-order valence-corrected chi connectivity index (χ4v) is 1.90. The number of pyridine rings is 1. The lowest BCUT2D eigenvalue weighted by atomic mass is 10.0. The van der Waals surface area contributed by atoms with Gasteiger partial charge in [0.1, 0.15) is 5.82 Å². The van der Waals surface area contributed by atoms with Crippen molar-refractivity contribution < 1.29 is 4.39 Å². The quantitative estimate of drug-likeness (QED) is 0.717.